The molecule has 23 heavy (non-hydrogen) atoms. The van der Waals surface area contributed by atoms with Gasteiger partial charge in [-0.25, -0.2) is 14.8 Å². The summed E-state index contributed by atoms with van der Waals surface area (Å²) in [5.41, 5.74) is 3.15. The van der Waals surface area contributed by atoms with E-state index in [1.54, 1.807) is 4.90 Å². The highest BCUT2D eigenvalue weighted by Crippen LogP contribution is 2.27. The molecule has 0 bridgehead atoms. The van der Waals surface area contributed by atoms with Crippen LogP contribution in [0.3, 0.4) is 0 Å². The number of H-pyrrole nitrogens is 1. The zero-order chi connectivity index (χ0) is 16.6. The number of nitrogens with zero attached hydrogens (tertiary/aromatic N) is 3. The van der Waals surface area contributed by atoms with Gasteiger partial charge in [-0.3, -0.25) is 0 Å². The van der Waals surface area contributed by atoms with Gasteiger partial charge in [-0.05, 0) is 38.8 Å². The summed E-state index contributed by atoms with van der Waals surface area (Å²) in [4.78, 5) is 25.2. The maximum Gasteiger partial charge on any atom is 0.410 e. The predicted octanol–water partition coefficient (Wildman–Crippen LogP) is 3.64. The van der Waals surface area contributed by atoms with Crippen LogP contribution in [-0.2, 0) is 4.74 Å². The van der Waals surface area contributed by atoms with Crippen LogP contribution in [0.2, 0.25) is 5.15 Å². The van der Waals surface area contributed by atoms with Crippen LogP contribution in [0.5, 0.6) is 0 Å². The van der Waals surface area contributed by atoms with Crippen molar-refractivity contribution in [2.24, 2.45) is 0 Å². The van der Waals surface area contributed by atoms with Crippen LogP contribution in [0.1, 0.15) is 32.9 Å². The fraction of sp³-hybridized carbons (Fsp3) is 0.438. The molecule has 3 rings (SSSR count). The van der Waals surface area contributed by atoms with Gasteiger partial charge < -0.3 is 14.6 Å². The first-order chi connectivity index (χ1) is 10.8. The van der Waals surface area contributed by atoms with Gasteiger partial charge in [0.05, 0.1) is 5.52 Å². The van der Waals surface area contributed by atoms with E-state index in [0.717, 1.165) is 28.7 Å². The first-order valence-electron chi connectivity index (χ1n) is 7.50. The molecule has 0 aliphatic carbocycles. The van der Waals surface area contributed by atoms with Crippen LogP contribution in [0.15, 0.2) is 18.5 Å². The van der Waals surface area contributed by atoms with Crippen LogP contribution >= 0.6 is 11.6 Å². The molecule has 1 amide bonds. The van der Waals surface area contributed by atoms with E-state index < -0.39 is 5.60 Å². The maximum absolute atomic E-state index is 12.1. The van der Waals surface area contributed by atoms with Crippen molar-refractivity contribution in [2.45, 2.75) is 32.8 Å². The molecule has 7 heteroatoms. The number of rotatable bonds is 1. The monoisotopic (exact) mass is 334 g/mol. The molecule has 2 aromatic heterocycles. The summed E-state index contributed by atoms with van der Waals surface area (Å²) in [6.07, 6.45) is 3.94. The topological polar surface area (TPSA) is 71.1 Å². The predicted molar refractivity (Wildman–Crippen MR) is 89.3 cm³/mol. The molecule has 1 N–H and O–H groups in total. The lowest BCUT2D eigenvalue weighted by molar-refractivity contribution is 0.0270. The molecule has 122 valence electrons. The van der Waals surface area contributed by atoms with Crippen molar-refractivity contribution in [3.8, 4) is 0 Å². The zero-order valence-electron chi connectivity index (χ0n) is 13.4. The van der Waals surface area contributed by atoms with Gasteiger partial charge in [0.1, 0.15) is 17.4 Å². The van der Waals surface area contributed by atoms with Crippen LogP contribution in [0.4, 0.5) is 4.79 Å². The second-order valence-corrected chi connectivity index (χ2v) is 6.87. The molecule has 2 aromatic rings. The van der Waals surface area contributed by atoms with Crippen molar-refractivity contribution in [1.29, 1.82) is 0 Å². The Bertz CT molecular complexity index is 776. The highest BCUT2D eigenvalue weighted by Gasteiger charge is 2.24. The largest absolute Gasteiger partial charge is 0.444 e. The molecule has 0 aromatic carbocycles. The van der Waals surface area contributed by atoms with Crippen molar-refractivity contribution in [3.63, 3.8) is 0 Å². The summed E-state index contributed by atoms with van der Waals surface area (Å²) in [6, 6.07) is 1.96. The minimum absolute atomic E-state index is 0.279. The fourth-order valence-electron chi connectivity index (χ4n) is 2.49. The van der Waals surface area contributed by atoms with Crippen molar-refractivity contribution >= 4 is 34.3 Å². The van der Waals surface area contributed by atoms with E-state index >= 15 is 0 Å². The number of ether oxygens (including phenoxy) is 1. The molecule has 0 radical (unpaired) electrons. The number of fused-ring (bicyclic) bond motifs is 1. The third-order valence-electron chi connectivity index (χ3n) is 3.58. The first-order valence-corrected chi connectivity index (χ1v) is 7.88. The van der Waals surface area contributed by atoms with E-state index in [9.17, 15) is 4.79 Å². The summed E-state index contributed by atoms with van der Waals surface area (Å²) in [6.45, 7) is 6.75. The third-order valence-corrected chi connectivity index (χ3v) is 3.86. The Kier molecular flexibility index (Phi) is 4.02. The van der Waals surface area contributed by atoms with Gasteiger partial charge in [0, 0.05) is 18.8 Å². The normalized spacial score (nSPS) is 15.7. The van der Waals surface area contributed by atoms with Gasteiger partial charge >= 0.3 is 6.09 Å². The quantitative estimate of drug-likeness (QED) is 0.808. The molecular formula is C16H19ClN4O2. The number of amides is 1. The molecule has 1 aliphatic heterocycles. The lowest BCUT2D eigenvalue weighted by atomic mass is 10.1. The highest BCUT2D eigenvalue weighted by atomic mass is 35.5. The number of hydrogen-bond acceptors (Lipinski definition) is 4. The van der Waals surface area contributed by atoms with Crippen LogP contribution in [-0.4, -0.2) is 44.6 Å². The van der Waals surface area contributed by atoms with Crippen molar-refractivity contribution in [1.82, 2.24) is 19.9 Å². The molecule has 3 heterocycles. The smallest absolute Gasteiger partial charge is 0.410 e. The molecule has 0 fully saturated rings. The number of nitrogens with one attached hydrogen (secondary N) is 1. The Balaban J connectivity index is 1.75. The van der Waals surface area contributed by atoms with Crippen molar-refractivity contribution in [3.05, 3.63) is 29.3 Å². The SMILES string of the molecule is CC(C)(C)OC(=O)N1CC=C(c2cc3ncnc(Cl)c3[nH]2)CC1. The van der Waals surface area contributed by atoms with E-state index in [2.05, 4.69) is 15.0 Å². The van der Waals surface area contributed by atoms with E-state index in [-0.39, 0.29) is 6.09 Å². The van der Waals surface area contributed by atoms with Crippen LogP contribution in [0.25, 0.3) is 16.6 Å². The summed E-state index contributed by atoms with van der Waals surface area (Å²) in [7, 11) is 0. The number of hydrogen-bond donors (Lipinski definition) is 1. The second-order valence-electron chi connectivity index (χ2n) is 6.51. The number of aromatic nitrogens is 3. The number of aromatic amines is 1. The van der Waals surface area contributed by atoms with Gasteiger partial charge in [-0.1, -0.05) is 17.7 Å². The summed E-state index contributed by atoms with van der Waals surface area (Å²) >= 11 is 6.06. The maximum atomic E-state index is 12.1. The average molecular weight is 335 g/mol. The van der Waals surface area contributed by atoms with Crippen LogP contribution < -0.4 is 0 Å². The fourth-order valence-corrected chi connectivity index (χ4v) is 2.68. The first kappa shape index (κ1) is 15.8. The van der Waals surface area contributed by atoms with E-state index in [1.807, 2.05) is 32.9 Å². The zero-order valence-corrected chi connectivity index (χ0v) is 14.1. The van der Waals surface area contributed by atoms with Crippen LogP contribution in [0, 0.1) is 0 Å². The third kappa shape index (κ3) is 3.47. The Morgan fingerprint density at radius 1 is 1.39 bits per heavy atom. The number of carbonyl (C=O) groups is 1. The second kappa shape index (κ2) is 5.85. The summed E-state index contributed by atoms with van der Waals surface area (Å²) < 4.78 is 5.40. The van der Waals surface area contributed by atoms with Crippen molar-refractivity contribution < 1.29 is 9.53 Å². The lowest BCUT2D eigenvalue weighted by Gasteiger charge is -2.29. The average Bonchev–Trinajstić information content (AvgIpc) is 2.91. The summed E-state index contributed by atoms with van der Waals surface area (Å²) in [5.74, 6) is 0. The lowest BCUT2D eigenvalue weighted by Crippen LogP contribution is -2.39. The molecule has 1 aliphatic rings. The molecule has 0 saturated heterocycles. The van der Waals surface area contributed by atoms with Gasteiger partial charge in [-0.15, -0.1) is 0 Å². The van der Waals surface area contributed by atoms with Gasteiger partial charge in [0.25, 0.3) is 0 Å². The minimum Gasteiger partial charge on any atom is -0.444 e. The van der Waals surface area contributed by atoms with Crippen molar-refractivity contribution in [2.75, 3.05) is 13.1 Å². The molecule has 0 spiro atoms. The van der Waals surface area contributed by atoms with E-state index in [1.165, 1.54) is 6.33 Å². The Labute approximate surface area is 139 Å². The summed E-state index contributed by atoms with van der Waals surface area (Å²) in [5, 5.41) is 0.410. The molecule has 6 nitrogen and oxygen atoms in total. The number of halogens is 1. The number of carbonyl (C=O) groups excluding carboxylic acids is 1. The van der Waals surface area contributed by atoms with E-state index in [4.69, 9.17) is 16.3 Å². The Morgan fingerprint density at radius 3 is 2.78 bits per heavy atom. The molecule has 0 unspecified atom stereocenters. The molecule has 0 saturated carbocycles. The minimum atomic E-state index is -0.478. The van der Waals surface area contributed by atoms with Gasteiger partial charge in [-0.2, -0.15) is 0 Å². The molecule has 0 atom stereocenters. The Hall–Kier alpha value is -2.08. The Morgan fingerprint density at radius 2 is 2.17 bits per heavy atom. The van der Waals surface area contributed by atoms with Gasteiger partial charge in [0.15, 0.2) is 5.15 Å². The highest BCUT2D eigenvalue weighted by molar-refractivity contribution is 6.33. The van der Waals surface area contributed by atoms with E-state index in [0.29, 0.717) is 18.2 Å². The van der Waals surface area contributed by atoms with Gasteiger partial charge in [0.2, 0.25) is 0 Å². The standard InChI is InChI=1S/C16H19ClN4O2/c1-16(2,3)23-15(22)21-6-4-10(5-7-21)11-8-12-13(20-11)14(17)19-9-18-12/h4,8-9,20H,5-7H2,1-3H3. The molecular weight excluding hydrogens is 316 g/mol.